The fraction of sp³-hybridized carbons (Fsp3) is 0.131. The van der Waals surface area contributed by atoms with Crippen LogP contribution in [0.2, 0.25) is 0 Å². The van der Waals surface area contributed by atoms with Crippen LogP contribution in [0.5, 0.6) is 0 Å². The van der Waals surface area contributed by atoms with Gasteiger partial charge in [-0.1, -0.05) is 175 Å². The Bertz CT molecular complexity index is 3690. The van der Waals surface area contributed by atoms with Gasteiger partial charge in [-0.05, 0) is 87.4 Å². The number of aryl methyl sites for hydroxylation is 2. The molecule has 324 valence electrons. The third-order valence-corrected chi connectivity index (χ3v) is 13.1. The van der Waals surface area contributed by atoms with E-state index in [9.17, 15) is 0 Å². The molecule has 0 fully saturated rings. The third-order valence-electron chi connectivity index (χ3n) is 13.1. The minimum atomic E-state index is -0.115. The lowest BCUT2D eigenvalue weighted by molar-refractivity contribution is 0.543. The zero-order valence-corrected chi connectivity index (χ0v) is 37.9. The Labute approximate surface area is 385 Å². The zero-order valence-electron chi connectivity index (χ0n) is 37.9. The van der Waals surface area contributed by atoms with Crippen LogP contribution in [0, 0.1) is 12.3 Å². The zero-order chi connectivity index (χ0) is 45.3. The molecular formula is C61H54N4O. The van der Waals surface area contributed by atoms with Gasteiger partial charge < -0.3 is 24.7 Å². The molecule has 1 atom stereocenters. The summed E-state index contributed by atoms with van der Waals surface area (Å²) in [5, 5.41) is 16.4. The van der Waals surface area contributed by atoms with Crippen LogP contribution in [0.1, 0.15) is 50.0 Å². The van der Waals surface area contributed by atoms with Crippen molar-refractivity contribution in [2.24, 2.45) is 5.73 Å². The van der Waals surface area contributed by atoms with E-state index in [-0.39, 0.29) is 6.04 Å². The van der Waals surface area contributed by atoms with E-state index < -0.39 is 0 Å². The first-order valence-electron chi connectivity index (χ1n) is 23.0. The highest BCUT2D eigenvalue weighted by molar-refractivity contribution is 6.21. The third kappa shape index (κ3) is 7.41. The quantitative estimate of drug-likeness (QED) is 0.174. The lowest BCUT2D eigenvalue weighted by Crippen LogP contribution is -2.19. The number of nitrogens with one attached hydrogen (secondary N) is 1. The van der Waals surface area contributed by atoms with Crippen molar-refractivity contribution in [3.05, 3.63) is 211 Å². The molecule has 13 rings (SSSR count). The van der Waals surface area contributed by atoms with E-state index in [1.54, 1.807) is 0 Å². The second-order valence-electron chi connectivity index (χ2n) is 17.4. The lowest BCUT2D eigenvalue weighted by Gasteiger charge is -2.17. The summed E-state index contributed by atoms with van der Waals surface area (Å²) in [4.78, 5) is 0. The van der Waals surface area contributed by atoms with Crippen LogP contribution < -0.4 is 5.73 Å². The predicted molar refractivity (Wildman–Crippen MR) is 283 cm³/mol. The van der Waals surface area contributed by atoms with Gasteiger partial charge in [0.05, 0.1) is 27.8 Å². The van der Waals surface area contributed by atoms with Gasteiger partial charge in [-0.3, -0.25) is 0 Å². The number of allylic oxidation sites excluding steroid dienone is 5. The Kier molecular flexibility index (Phi) is 11.5. The van der Waals surface area contributed by atoms with Crippen LogP contribution in [0.15, 0.2) is 198 Å². The number of para-hydroxylation sites is 2. The van der Waals surface area contributed by atoms with Gasteiger partial charge in [0.15, 0.2) is 5.58 Å². The molecule has 66 heavy (non-hydrogen) atoms. The van der Waals surface area contributed by atoms with Crippen LogP contribution in [0.4, 0.5) is 0 Å². The summed E-state index contributed by atoms with van der Waals surface area (Å²) in [7, 11) is 0. The van der Waals surface area contributed by atoms with E-state index in [1.807, 2.05) is 18.2 Å². The van der Waals surface area contributed by atoms with Gasteiger partial charge in [0, 0.05) is 61.4 Å². The number of hydrogen-bond acceptors (Lipinski definition) is 3. The molecule has 8 aromatic carbocycles. The van der Waals surface area contributed by atoms with Crippen LogP contribution in [0.3, 0.4) is 0 Å². The standard InChI is InChI=1S/C46H33N3O.C7H10.C7H8.CH3N/c1-27(47)31-17-10-20-42-43(31)38-25-30(48-39-18-8-6-15-34(39)36-23-21-28-11-2-4-13-32(28)44(36)48)26-41(46(38)50-42)49-40-19-9-7-16-35(40)37-24-22-29-12-3-5-14-33(29)45(37)49;2*1-7-5-3-2-4-6-7;1-2/h2-9,11-19,21-27H,10,20,47H2,1H3;2-3,5H,4,6H2,1H3;2-6H,1H3;2H,1H2. The maximum Gasteiger partial charge on any atom is 0.159 e. The Morgan fingerprint density at radius 3 is 1.68 bits per heavy atom. The first-order chi connectivity index (χ1) is 32.4. The van der Waals surface area contributed by atoms with Gasteiger partial charge in [-0.15, -0.1) is 0 Å². The smallest absolute Gasteiger partial charge is 0.159 e. The second-order valence-corrected chi connectivity index (χ2v) is 17.4. The summed E-state index contributed by atoms with van der Waals surface area (Å²) in [5.41, 5.74) is 19.6. The van der Waals surface area contributed by atoms with Crippen molar-refractivity contribution in [1.29, 1.82) is 5.41 Å². The fourth-order valence-corrected chi connectivity index (χ4v) is 10.1. The number of furan rings is 1. The molecule has 5 heteroatoms. The molecule has 2 aliphatic carbocycles. The van der Waals surface area contributed by atoms with E-state index >= 15 is 0 Å². The van der Waals surface area contributed by atoms with Crippen LogP contribution in [-0.2, 0) is 6.42 Å². The molecule has 3 N–H and O–H groups in total. The van der Waals surface area contributed by atoms with Crippen molar-refractivity contribution in [3.63, 3.8) is 0 Å². The minimum absolute atomic E-state index is 0.115. The number of nitrogens with two attached hydrogens (primary N) is 1. The molecule has 3 aromatic heterocycles. The average molecular weight is 859 g/mol. The average Bonchev–Trinajstić information content (AvgIpc) is 4.03. The van der Waals surface area contributed by atoms with E-state index in [0.29, 0.717) is 0 Å². The molecule has 0 saturated carbocycles. The van der Waals surface area contributed by atoms with Gasteiger partial charge in [0.2, 0.25) is 0 Å². The van der Waals surface area contributed by atoms with Gasteiger partial charge in [-0.2, -0.15) is 0 Å². The largest absolute Gasteiger partial charge is 0.458 e. The Hall–Kier alpha value is -7.73. The number of aromatic nitrogens is 2. The topological polar surface area (TPSA) is 72.9 Å². The molecule has 0 saturated heterocycles. The van der Waals surface area contributed by atoms with Crippen molar-refractivity contribution in [1.82, 2.24) is 9.13 Å². The van der Waals surface area contributed by atoms with E-state index in [1.165, 1.54) is 83.6 Å². The van der Waals surface area contributed by atoms with Gasteiger partial charge in [-0.25, -0.2) is 0 Å². The Balaban J connectivity index is 0.000000273. The molecule has 0 spiro atoms. The molecule has 3 heterocycles. The predicted octanol–water partition coefficient (Wildman–Crippen LogP) is 16.2. The van der Waals surface area contributed by atoms with E-state index in [0.717, 1.165) is 57.6 Å². The Morgan fingerprint density at radius 2 is 1.14 bits per heavy atom. The number of benzene rings is 8. The molecule has 5 nitrogen and oxygen atoms in total. The normalized spacial score (nSPS) is 13.7. The highest BCUT2D eigenvalue weighted by Gasteiger charge is 2.28. The summed E-state index contributed by atoms with van der Waals surface area (Å²) in [5.74, 6) is 1.02. The molecule has 1 unspecified atom stereocenters. The molecule has 2 aliphatic rings. The van der Waals surface area contributed by atoms with Crippen molar-refractivity contribution >= 4 is 88.4 Å². The first kappa shape index (κ1) is 42.2. The highest BCUT2D eigenvalue weighted by Crippen LogP contribution is 2.45. The maximum absolute atomic E-state index is 7.03. The van der Waals surface area contributed by atoms with E-state index in [4.69, 9.17) is 15.6 Å². The summed E-state index contributed by atoms with van der Waals surface area (Å²) < 4.78 is 12.0. The number of fused-ring (bicyclic) bond motifs is 13. The summed E-state index contributed by atoms with van der Waals surface area (Å²) >= 11 is 0. The van der Waals surface area contributed by atoms with E-state index in [2.05, 4.69) is 207 Å². The summed E-state index contributed by atoms with van der Waals surface area (Å²) in [6.07, 6.45) is 13.1. The Morgan fingerprint density at radius 1 is 0.576 bits per heavy atom. The van der Waals surface area contributed by atoms with Crippen LogP contribution in [-0.4, -0.2) is 21.9 Å². The summed E-state index contributed by atoms with van der Waals surface area (Å²) in [6, 6.07) is 58.9. The van der Waals surface area contributed by atoms with Crippen molar-refractivity contribution in [3.8, 4) is 11.4 Å². The first-order valence-corrected chi connectivity index (χ1v) is 23.0. The number of rotatable bonds is 3. The summed E-state index contributed by atoms with van der Waals surface area (Å²) in [6.45, 7) is 8.84. The van der Waals surface area contributed by atoms with Crippen LogP contribution in [0.25, 0.3) is 93.1 Å². The second kappa shape index (κ2) is 18.0. The number of hydrogen-bond donors (Lipinski definition) is 2. The molecule has 0 radical (unpaired) electrons. The molecule has 0 bridgehead atoms. The van der Waals surface area contributed by atoms with Crippen molar-refractivity contribution in [2.75, 3.05) is 0 Å². The van der Waals surface area contributed by atoms with Gasteiger partial charge in [0.25, 0.3) is 0 Å². The van der Waals surface area contributed by atoms with Crippen molar-refractivity contribution < 1.29 is 4.42 Å². The molecular weight excluding hydrogens is 805 g/mol. The minimum Gasteiger partial charge on any atom is -0.458 e. The van der Waals surface area contributed by atoms with Gasteiger partial charge >= 0.3 is 0 Å². The van der Waals surface area contributed by atoms with Crippen LogP contribution >= 0.6 is 0 Å². The molecule has 11 aromatic rings. The fourth-order valence-electron chi connectivity index (χ4n) is 10.1. The number of nitrogens with zero attached hydrogens (tertiary/aromatic N) is 2. The monoisotopic (exact) mass is 858 g/mol. The molecule has 0 aliphatic heterocycles. The van der Waals surface area contributed by atoms with Crippen molar-refractivity contribution in [2.45, 2.75) is 52.5 Å². The van der Waals surface area contributed by atoms with Gasteiger partial charge in [0.1, 0.15) is 5.76 Å². The highest BCUT2D eigenvalue weighted by atomic mass is 16.3. The lowest BCUT2D eigenvalue weighted by atomic mass is 9.90. The molecule has 0 amide bonds. The SMILES string of the molecule is C=N.CC(N)C1=CCCc2oc3c(-n4c5ccccc5c5ccc6ccccc6c54)cc(-n4c5ccccc5c5ccc6ccccc6c54)cc3c21.CC1=CC=CCC1.Cc1ccccc1. The maximum atomic E-state index is 7.03.